The smallest absolute Gasteiger partial charge is 0.162 e. The standard InChI is InChI=1S/C13H15F2NO/c1-13(5-6-16-8-13)11(17)7-9-3-2-4-10(14)12(9)15/h2-4,16H,5-8H2,1H3. The summed E-state index contributed by atoms with van der Waals surface area (Å²) in [5, 5.41) is 3.12. The highest BCUT2D eigenvalue weighted by molar-refractivity contribution is 5.87. The molecule has 1 aromatic rings. The minimum Gasteiger partial charge on any atom is -0.316 e. The van der Waals surface area contributed by atoms with Gasteiger partial charge in [-0.25, -0.2) is 8.78 Å². The average Bonchev–Trinajstić information content (AvgIpc) is 2.73. The third kappa shape index (κ3) is 2.36. The normalized spacial score (nSPS) is 23.9. The van der Waals surface area contributed by atoms with E-state index in [1.165, 1.54) is 12.1 Å². The molecule has 0 spiro atoms. The Labute approximate surface area is 99.0 Å². The van der Waals surface area contributed by atoms with Crippen LogP contribution in [0.3, 0.4) is 0 Å². The fraction of sp³-hybridized carbons (Fsp3) is 0.462. The van der Waals surface area contributed by atoms with Crippen LogP contribution >= 0.6 is 0 Å². The summed E-state index contributed by atoms with van der Waals surface area (Å²) >= 11 is 0. The molecule has 0 aromatic heterocycles. The van der Waals surface area contributed by atoms with Crippen molar-refractivity contribution in [1.29, 1.82) is 0 Å². The van der Waals surface area contributed by atoms with Crippen LogP contribution in [0.2, 0.25) is 0 Å². The van der Waals surface area contributed by atoms with Gasteiger partial charge in [0.1, 0.15) is 5.78 Å². The van der Waals surface area contributed by atoms with Gasteiger partial charge in [-0.1, -0.05) is 19.1 Å². The molecule has 17 heavy (non-hydrogen) atoms. The van der Waals surface area contributed by atoms with E-state index in [9.17, 15) is 13.6 Å². The summed E-state index contributed by atoms with van der Waals surface area (Å²) in [5.74, 6) is -1.84. The molecule has 1 atom stereocenters. The molecule has 1 fully saturated rings. The Morgan fingerprint density at radius 1 is 1.47 bits per heavy atom. The monoisotopic (exact) mass is 239 g/mol. The van der Waals surface area contributed by atoms with Gasteiger partial charge in [-0.05, 0) is 24.6 Å². The lowest BCUT2D eigenvalue weighted by Crippen LogP contribution is -2.31. The van der Waals surface area contributed by atoms with Gasteiger partial charge in [-0.15, -0.1) is 0 Å². The Morgan fingerprint density at radius 2 is 2.24 bits per heavy atom. The zero-order valence-electron chi connectivity index (χ0n) is 9.72. The molecule has 4 heteroatoms. The summed E-state index contributed by atoms with van der Waals surface area (Å²) in [6.45, 7) is 3.28. The van der Waals surface area contributed by atoms with Gasteiger partial charge >= 0.3 is 0 Å². The molecule has 1 aliphatic heterocycles. The zero-order valence-corrected chi connectivity index (χ0v) is 9.72. The molecular weight excluding hydrogens is 224 g/mol. The second-order valence-corrected chi connectivity index (χ2v) is 4.80. The first-order valence-corrected chi connectivity index (χ1v) is 5.70. The van der Waals surface area contributed by atoms with Gasteiger partial charge < -0.3 is 5.32 Å². The Bertz CT molecular complexity index is 439. The first-order chi connectivity index (χ1) is 8.03. The molecule has 1 aliphatic rings. The summed E-state index contributed by atoms with van der Waals surface area (Å²) in [6, 6.07) is 3.94. The number of hydrogen-bond acceptors (Lipinski definition) is 2. The number of hydrogen-bond donors (Lipinski definition) is 1. The summed E-state index contributed by atoms with van der Waals surface area (Å²) in [5.41, 5.74) is -0.304. The molecule has 1 aromatic carbocycles. The Hall–Kier alpha value is -1.29. The average molecular weight is 239 g/mol. The van der Waals surface area contributed by atoms with Crippen molar-refractivity contribution in [2.75, 3.05) is 13.1 Å². The maximum absolute atomic E-state index is 13.4. The first kappa shape index (κ1) is 12.2. The molecular formula is C13H15F2NO. The lowest BCUT2D eigenvalue weighted by Gasteiger charge is -2.20. The minimum atomic E-state index is -0.907. The van der Waals surface area contributed by atoms with E-state index < -0.39 is 17.0 Å². The third-order valence-electron chi connectivity index (χ3n) is 3.42. The lowest BCUT2D eigenvalue weighted by atomic mass is 9.82. The predicted molar refractivity (Wildman–Crippen MR) is 60.7 cm³/mol. The van der Waals surface area contributed by atoms with Crippen molar-refractivity contribution in [3.63, 3.8) is 0 Å². The molecule has 1 saturated heterocycles. The van der Waals surface area contributed by atoms with E-state index >= 15 is 0 Å². The maximum Gasteiger partial charge on any atom is 0.162 e. The quantitative estimate of drug-likeness (QED) is 0.875. The van der Waals surface area contributed by atoms with Gasteiger partial charge in [0.25, 0.3) is 0 Å². The number of nitrogens with one attached hydrogen (secondary N) is 1. The van der Waals surface area contributed by atoms with Crippen LogP contribution < -0.4 is 5.32 Å². The van der Waals surface area contributed by atoms with E-state index in [1.807, 2.05) is 6.92 Å². The van der Waals surface area contributed by atoms with Crippen LogP contribution in [0.4, 0.5) is 8.78 Å². The number of carbonyl (C=O) groups is 1. The molecule has 0 radical (unpaired) electrons. The van der Waals surface area contributed by atoms with E-state index in [-0.39, 0.29) is 17.8 Å². The van der Waals surface area contributed by atoms with Crippen LogP contribution in [0.15, 0.2) is 18.2 Å². The fourth-order valence-corrected chi connectivity index (χ4v) is 2.13. The summed E-state index contributed by atoms with van der Waals surface area (Å²) in [4.78, 5) is 12.1. The maximum atomic E-state index is 13.4. The van der Waals surface area contributed by atoms with Gasteiger partial charge in [0.2, 0.25) is 0 Å². The first-order valence-electron chi connectivity index (χ1n) is 5.70. The highest BCUT2D eigenvalue weighted by Crippen LogP contribution is 2.27. The lowest BCUT2D eigenvalue weighted by molar-refractivity contribution is -0.126. The minimum absolute atomic E-state index is 0.0352. The molecule has 2 rings (SSSR count). The van der Waals surface area contributed by atoms with Crippen molar-refractivity contribution in [2.24, 2.45) is 5.41 Å². The van der Waals surface area contributed by atoms with E-state index in [0.717, 1.165) is 19.0 Å². The number of carbonyl (C=O) groups excluding carboxylic acids is 1. The number of halogens is 2. The highest BCUT2D eigenvalue weighted by atomic mass is 19.2. The SMILES string of the molecule is CC1(C(=O)Cc2cccc(F)c2F)CCNC1. The molecule has 0 bridgehead atoms. The molecule has 92 valence electrons. The predicted octanol–water partition coefficient (Wildman–Crippen LogP) is 2.08. The summed E-state index contributed by atoms with van der Waals surface area (Å²) in [7, 11) is 0. The third-order valence-corrected chi connectivity index (χ3v) is 3.42. The van der Waals surface area contributed by atoms with Crippen molar-refractivity contribution in [1.82, 2.24) is 5.32 Å². The van der Waals surface area contributed by atoms with Crippen LogP contribution in [-0.4, -0.2) is 18.9 Å². The van der Waals surface area contributed by atoms with E-state index in [0.29, 0.717) is 6.54 Å². The second-order valence-electron chi connectivity index (χ2n) is 4.80. The van der Waals surface area contributed by atoms with Gasteiger partial charge in [0.15, 0.2) is 11.6 Å². The van der Waals surface area contributed by atoms with Gasteiger partial charge in [-0.3, -0.25) is 4.79 Å². The largest absolute Gasteiger partial charge is 0.316 e. The number of benzene rings is 1. The summed E-state index contributed by atoms with van der Waals surface area (Å²) < 4.78 is 26.4. The van der Waals surface area contributed by atoms with Crippen LogP contribution in [0.25, 0.3) is 0 Å². The Morgan fingerprint density at radius 3 is 2.88 bits per heavy atom. The van der Waals surface area contributed by atoms with Crippen molar-refractivity contribution in [3.8, 4) is 0 Å². The van der Waals surface area contributed by atoms with Gasteiger partial charge in [0, 0.05) is 18.4 Å². The van der Waals surface area contributed by atoms with Crippen molar-refractivity contribution < 1.29 is 13.6 Å². The Balaban J connectivity index is 2.16. The zero-order chi connectivity index (χ0) is 12.5. The van der Waals surface area contributed by atoms with Crippen molar-refractivity contribution in [2.45, 2.75) is 19.8 Å². The molecule has 2 nitrogen and oxygen atoms in total. The molecule has 1 unspecified atom stereocenters. The van der Waals surface area contributed by atoms with Gasteiger partial charge in [0.05, 0.1) is 0 Å². The topological polar surface area (TPSA) is 29.1 Å². The van der Waals surface area contributed by atoms with Crippen LogP contribution in [-0.2, 0) is 11.2 Å². The van der Waals surface area contributed by atoms with Gasteiger partial charge in [-0.2, -0.15) is 0 Å². The molecule has 1 heterocycles. The van der Waals surface area contributed by atoms with Crippen molar-refractivity contribution in [3.05, 3.63) is 35.4 Å². The molecule has 0 amide bonds. The van der Waals surface area contributed by atoms with E-state index in [2.05, 4.69) is 5.32 Å². The molecule has 0 saturated carbocycles. The van der Waals surface area contributed by atoms with Crippen LogP contribution in [0.1, 0.15) is 18.9 Å². The second kappa shape index (κ2) is 4.53. The molecule has 0 aliphatic carbocycles. The molecule has 1 N–H and O–H groups in total. The van der Waals surface area contributed by atoms with Crippen LogP contribution in [0.5, 0.6) is 0 Å². The number of ketones is 1. The fourth-order valence-electron chi connectivity index (χ4n) is 2.13. The van der Waals surface area contributed by atoms with E-state index in [4.69, 9.17) is 0 Å². The highest BCUT2D eigenvalue weighted by Gasteiger charge is 2.36. The number of rotatable bonds is 3. The number of Topliss-reactive ketones (excluding diaryl/α,β-unsaturated/α-hetero) is 1. The summed E-state index contributed by atoms with van der Waals surface area (Å²) in [6.07, 6.45) is 0.713. The Kier molecular flexibility index (Phi) is 3.24. The van der Waals surface area contributed by atoms with E-state index in [1.54, 1.807) is 0 Å². The van der Waals surface area contributed by atoms with Crippen molar-refractivity contribution >= 4 is 5.78 Å². The van der Waals surface area contributed by atoms with Crippen LogP contribution in [0, 0.1) is 17.0 Å².